The molecule has 31 heavy (non-hydrogen) atoms. The van der Waals surface area contributed by atoms with Gasteiger partial charge in [0, 0.05) is 25.9 Å². The number of benzene rings is 1. The fraction of sp³-hybridized carbons (Fsp3) is 0.455. The largest absolute Gasteiger partial charge is 0.347 e. The van der Waals surface area contributed by atoms with Crippen LogP contribution < -0.4 is 5.56 Å². The summed E-state index contributed by atoms with van der Waals surface area (Å²) in [7, 11) is 0. The van der Waals surface area contributed by atoms with Crippen molar-refractivity contribution in [3.05, 3.63) is 52.1 Å². The molecule has 1 amide bonds. The molecule has 2 aliphatic rings. The van der Waals surface area contributed by atoms with E-state index < -0.39 is 5.79 Å². The molecule has 0 bridgehead atoms. The summed E-state index contributed by atoms with van der Waals surface area (Å²) in [6, 6.07) is 9.65. The second kappa shape index (κ2) is 7.58. The second-order valence-electron chi connectivity index (χ2n) is 8.09. The lowest BCUT2D eigenvalue weighted by Gasteiger charge is -2.37. The summed E-state index contributed by atoms with van der Waals surface area (Å²) < 4.78 is 14.4. The summed E-state index contributed by atoms with van der Waals surface area (Å²) in [5, 5.41) is 9.71. The van der Waals surface area contributed by atoms with Gasteiger partial charge >= 0.3 is 0 Å². The number of hydrogen-bond donors (Lipinski definition) is 0. The quantitative estimate of drug-likeness (QED) is 0.635. The highest BCUT2D eigenvalue weighted by molar-refractivity contribution is 5.84. The summed E-state index contributed by atoms with van der Waals surface area (Å²) in [5.74, 6) is -0.677. The minimum absolute atomic E-state index is 0.110. The third kappa shape index (κ3) is 3.43. The first kappa shape index (κ1) is 19.9. The summed E-state index contributed by atoms with van der Waals surface area (Å²) in [6.45, 7) is 5.92. The first-order valence-corrected chi connectivity index (χ1v) is 10.6. The molecule has 9 nitrogen and oxygen atoms in total. The molecule has 2 fully saturated rings. The zero-order valence-electron chi connectivity index (χ0n) is 17.7. The van der Waals surface area contributed by atoms with Gasteiger partial charge in [-0.15, -0.1) is 0 Å². The van der Waals surface area contributed by atoms with Gasteiger partial charge in [-0.25, -0.2) is 9.36 Å². The zero-order valence-corrected chi connectivity index (χ0v) is 17.7. The molecule has 5 rings (SSSR count). The molecule has 0 N–H and O–H groups in total. The predicted octanol–water partition coefficient (Wildman–Crippen LogP) is 1.56. The maximum absolute atomic E-state index is 13.1. The summed E-state index contributed by atoms with van der Waals surface area (Å²) in [4.78, 5) is 27.7. The average Bonchev–Trinajstić information content (AvgIpc) is 3.38. The normalized spacial score (nSPS) is 18.2. The van der Waals surface area contributed by atoms with Crippen LogP contribution in [0.1, 0.15) is 24.2 Å². The molecule has 4 heterocycles. The predicted molar refractivity (Wildman–Crippen MR) is 113 cm³/mol. The van der Waals surface area contributed by atoms with Crippen molar-refractivity contribution >= 4 is 16.8 Å². The van der Waals surface area contributed by atoms with Crippen molar-refractivity contribution in [2.45, 2.75) is 39.0 Å². The maximum Gasteiger partial charge on any atom is 0.295 e. The molecule has 3 aromatic rings. The van der Waals surface area contributed by atoms with Crippen LogP contribution in [0.3, 0.4) is 0 Å². The van der Waals surface area contributed by atoms with Crippen LogP contribution in [0.4, 0.5) is 0 Å². The summed E-state index contributed by atoms with van der Waals surface area (Å²) in [5.41, 5.74) is 2.36. The summed E-state index contributed by atoms with van der Waals surface area (Å²) >= 11 is 0. The number of likely N-dealkylation sites (tertiary alicyclic amines) is 1. The molecule has 2 aliphatic heterocycles. The Morgan fingerprint density at radius 3 is 2.42 bits per heavy atom. The van der Waals surface area contributed by atoms with Gasteiger partial charge in [-0.3, -0.25) is 9.59 Å². The first-order valence-electron chi connectivity index (χ1n) is 10.6. The molecule has 162 valence electrons. The molecule has 0 unspecified atom stereocenters. The van der Waals surface area contributed by atoms with Crippen LogP contribution in [-0.4, -0.2) is 62.5 Å². The SMILES string of the molecule is Cc1nn(CC(=O)N2CCC3(CC2)OCCO3)c(=O)c2nn(-c3ccccc3)c(C)c12. The number of aromatic nitrogens is 4. The Bertz CT molecular complexity index is 1180. The number of amides is 1. The number of ether oxygens (including phenoxy) is 2. The third-order valence-electron chi connectivity index (χ3n) is 6.16. The van der Waals surface area contributed by atoms with Gasteiger partial charge in [0.15, 0.2) is 11.3 Å². The fourth-order valence-corrected chi connectivity index (χ4v) is 4.52. The number of hydrogen-bond acceptors (Lipinski definition) is 6. The average molecular weight is 423 g/mol. The summed E-state index contributed by atoms with van der Waals surface area (Å²) in [6.07, 6.45) is 1.28. The van der Waals surface area contributed by atoms with Crippen molar-refractivity contribution in [2.75, 3.05) is 26.3 Å². The number of para-hydroxylation sites is 1. The zero-order chi connectivity index (χ0) is 21.6. The van der Waals surface area contributed by atoms with E-state index in [0.717, 1.165) is 16.8 Å². The van der Waals surface area contributed by atoms with E-state index >= 15 is 0 Å². The van der Waals surface area contributed by atoms with Crippen molar-refractivity contribution in [3.63, 3.8) is 0 Å². The van der Waals surface area contributed by atoms with E-state index in [1.54, 1.807) is 9.58 Å². The van der Waals surface area contributed by atoms with Gasteiger partial charge < -0.3 is 14.4 Å². The van der Waals surface area contributed by atoms with E-state index in [4.69, 9.17) is 9.47 Å². The Morgan fingerprint density at radius 1 is 1.06 bits per heavy atom. The minimum Gasteiger partial charge on any atom is -0.347 e. The van der Waals surface area contributed by atoms with Crippen molar-refractivity contribution in [1.82, 2.24) is 24.5 Å². The van der Waals surface area contributed by atoms with E-state index in [-0.39, 0.29) is 18.0 Å². The Labute approximate surface area is 179 Å². The molecule has 9 heteroatoms. The number of fused-ring (bicyclic) bond motifs is 1. The maximum atomic E-state index is 13.1. The third-order valence-corrected chi connectivity index (χ3v) is 6.16. The van der Waals surface area contributed by atoms with Crippen LogP contribution >= 0.6 is 0 Å². The Balaban J connectivity index is 1.41. The number of carbonyl (C=O) groups is 1. The highest BCUT2D eigenvalue weighted by Gasteiger charge is 2.40. The lowest BCUT2D eigenvalue weighted by Crippen LogP contribution is -2.48. The van der Waals surface area contributed by atoms with E-state index in [2.05, 4.69) is 10.2 Å². The van der Waals surface area contributed by atoms with E-state index in [9.17, 15) is 9.59 Å². The number of aryl methyl sites for hydroxylation is 2. The topological polar surface area (TPSA) is 91.5 Å². The highest BCUT2D eigenvalue weighted by Crippen LogP contribution is 2.31. The van der Waals surface area contributed by atoms with Crippen LogP contribution in [0.15, 0.2) is 35.1 Å². The standard InChI is InChI=1S/C22H25N5O4/c1-15-19-16(2)27(17-6-4-3-5-7-17)24-20(19)21(29)26(23-15)14-18(28)25-10-8-22(9-11-25)30-12-13-31-22/h3-7H,8-14H2,1-2H3. The molecule has 1 spiro atoms. The van der Waals surface area contributed by atoms with Crippen molar-refractivity contribution in [2.24, 2.45) is 0 Å². The van der Waals surface area contributed by atoms with Gasteiger partial charge in [0.1, 0.15) is 6.54 Å². The Hall–Kier alpha value is -3.04. The van der Waals surface area contributed by atoms with Crippen LogP contribution in [-0.2, 0) is 20.8 Å². The molecule has 2 saturated heterocycles. The molecule has 0 atom stereocenters. The number of rotatable bonds is 3. The van der Waals surface area contributed by atoms with Gasteiger partial charge in [-0.1, -0.05) is 18.2 Å². The van der Waals surface area contributed by atoms with Crippen molar-refractivity contribution in [3.8, 4) is 5.69 Å². The van der Waals surface area contributed by atoms with Crippen LogP contribution in [0, 0.1) is 13.8 Å². The molecule has 0 aliphatic carbocycles. The minimum atomic E-state index is -0.539. The number of piperidine rings is 1. The Kier molecular flexibility index (Phi) is 4.86. The van der Waals surface area contributed by atoms with Crippen molar-refractivity contribution in [1.29, 1.82) is 0 Å². The van der Waals surface area contributed by atoms with Gasteiger partial charge in [0.2, 0.25) is 5.91 Å². The van der Waals surface area contributed by atoms with E-state index in [0.29, 0.717) is 50.4 Å². The van der Waals surface area contributed by atoms with Gasteiger partial charge in [-0.2, -0.15) is 10.2 Å². The highest BCUT2D eigenvalue weighted by atomic mass is 16.7. The molecule has 1 aromatic carbocycles. The van der Waals surface area contributed by atoms with Gasteiger partial charge in [0.05, 0.1) is 35.7 Å². The van der Waals surface area contributed by atoms with Crippen LogP contribution in [0.5, 0.6) is 0 Å². The van der Waals surface area contributed by atoms with Gasteiger partial charge in [0.25, 0.3) is 5.56 Å². The van der Waals surface area contributed by atoms with Crippen molar-refractivity contribution < 1.29 is 14.3 Å². The number of nitrogens with zero attached hydrogens (tertiary/aromatic N) is 5. The van der Waals surface area contributed by atoms with E-state index in [1.165, 1.54) is 4.68 Å². The molecule has 2 aromatic heterocycles. The van der Waals surface area contributed by atoms with Crippen LogP contribution in [0.2, 0.25) is 0 Å². The monoisotopic (exact) mass is 423 g/mol. The fourth-order valence-electron chi connectivity index (χ4n) is 4.52. The number of carbonyl (C=O) groups excluding carboxylic acids is 1. The molecular formula is C22H25N5O4. The van der Waals surface area contributed by atoms with E-state index in [1.807, 2.05) is 44.2 Å². The lowest BCUT2D eigenvalue weighted by atomic mass is 10.0. The smallest absolute Gasteiger partial charge is 0.295 e. The second-order valence-corrected chi connectivity index (χ2v) is 8.09. The van der Waals surface area contributed by atoms with Gasteiger partial charge in [-0.05, 0) is 26.0 Å². The first-order chi connectivity index (χ1) is 15.0. The lowest BCUT2D eigenvalue weighted by molar-refractivity contribution is -0.187. The Morgan fingerprint density at radius 2 is 1.74 bits per heavy atom. The molecule has 0 radical (unpaired) electrons. The van der Waals surface area contributed by atoms with Crippen LogP contribution in [0.25, 0.3) is 16.6 Å². The molecular weight excluding hydrogens is 398 g/mol. The molecule has 0 saturated carbocycles.